The van der Waals surface area contributed by atoms with Gasteiger partial charge < -0.3 is 4.74 Å². The SMILES string of the molecule is CCc1nnc(SCC(=O)Nc2nnc(SCCOC)s2)n1-c1ccccc1. The summed E-state index contributed by atoms with van der Waals surface area (Å²) in [4.78, 5) is 12.3. The summed E-state index contributed by atoms with van der Waals surface area (Å²) in [6.45, 7) is 2.67. The molecular weight excluding hydrogens is 416 g/mol. The number of nitrogens with zero attached hydrogens (tertiary/aromatic N) is 5. The molecule has 3 aromatic rings. The Morgan fingerprint density at radius 2 is 2.00 bits per heavy atom. The number of aryl methyl sites for hydroxylation is 1. The lowest BCUT2D eigenvalue weighted by Gasteiger charge is -2.08. The van der Waals surface area contributed by atoms with Crippen molar-refractivity contribution in [1.82, 2.24) is 25.0 Å². The summed E-state index contributed by atoms with van der Waals surface area (Å²) in [5.41, 5.74) is 0.981. The number of amides is 1. The number of benzene rings is 1. The maximum absolute atomic E-state index is 12.3. The lowest BCUT2D eigenvalue weighted by Crippen LogP contribution is -2.14. The van der Waals surface area contributed by atoms with E-state index in [-0.39, 0.29) is 11.7 Å². The van der Waals surface area contributed by atoms with Gasteiger partial charge in [-0.25, -0.2) is 0 Å². The number of carbonyl (C=O) groups excluding carboxylic acids is 1. The number of methoxy groups -OCH3 is 1. The van der Waals surface area contributed by atoms with Crippen molar-refractivity contribution < 1.29 is 9.53 Å². The highest BCUT2D eigenvalue weighted by Gasteiger charge is 2.15. The first-order valence-corrected chi connectivity index (χ1v) is 11.4. The Hall–Kier alpha value is -1.95. The van der Waals surface area contributed by atoms with Crippen LogP contribution in [-0.2, 0) is 16.0 Å². The second kappa shape index (κ2) is 10.6. The van der Waals surface area contributed by atoms with Crippen molar-refractivity contribution in [3.8, 4) is 5.69 Å². The maximum atomic E-state index is 12.3. The fourth-order valence-electron chi connectivity index (χ4n) is 2.28. The summed E-state index contributed by atoms with van der Waals surface area (Å²) >= 11 is 4.24. The average molecular weight is 437 g/mol. The van der Waals surface area contributed by atoms with Crippen molar-refractivity contribution in [2.45, 2.75) is 22.8 Å². The molecule has 1 amide bonds. The maximum Gasteiger partial charge on any atom is 0.236 e. The lowest BCUT2D eigenvalue weighted by molar-refractivity contribution is -0.113. The molecule has 0 aliphatic heterocycles. The molecule has 0 aliphatic rings. The first-order chi connectivity index (χ1) is 13.7. The van der Waals surface area contributed by atoms with E-state index >= 15 is 0 Å². The van der Waals surface area contributed by atoms with Crippen LogP contribution in [0.3, 0.4) is 0 Å². The monoisotopic (exact) mass is 436 g/mol. The highest BCUT2D eigenvalue weighted by molar-refractivity contribution is 8.01. The third kappa shape index (κ3) is 5.53. The van der Waals surface area contributed by atoms with Crippen molar-refractivity contribution in [2.75, 3.05) is 30.5 Å². The molecule has 0 bridgehead atoms. The summed E-state index contributed by atoms with van der Waals surface area (Å²) < 4.78 is 7.79. The third-order valence-corrected chi connectivity index (χ3v) is 6.39. The van der Waals surface area contributed by atoms with Gasteiger partial charge in [-0.15, -0.1) is 20.4 Å². The number of rotatable bonds is 10. The van der Waals surface area contributed by atoms with E-state index in [4.69, 9.17) is 4.74 Å². The number of para-hydroxylation sites is 1. The van der Waals surface area contributed by atoms with Crippen LogP contribution in [0.1, 0.15) is 12.7 Å². The number of thioether (sulfide) groups is 2. The van der Waals surface area contributed by atoms with Crippen LogP contribution in [0.2, 0.25) is 0 Å². The zero-order valence-corrected chi connectivity index (χ0v) is 17.9. The Balaban J connectivity index is 1.59. The second-order valence-electron chi connectivity index (χ2n) is 5.47. The number of carbonyl (C=O) groups is 1. The predicted octanol–water partition coefficient (Wildman–Crippen LogP) is 3.15. The molecule has 148 valence electrons. The molecule has 11 heteroatoms. The van der Waals surface area contributed by atoms with Crippen LogP contribution in [0, 0.1) is 0 Å². The molecule has 1 aromatic carbocycles. The van der Waals surface area contributed by atoms with Crippen LogP contribution >= 0.6 is 34.9 Å². The predicted molar refractivity (Wildman–Crippen MR) is 113 cm³/mol. The molecule has 3 rings (SSSR count). The van der Waals surface area contributed by atoms with E-state index in [0.29, 0.717) is 16.9 Å². The largest absolute Gasteiger partial charge is 0.384 e. The minimum absolute atomic E-state index is 0.157. The second-order valence-corrected chi connectivity index (χ2v) is 8.74. The molecule has 0 spiro atoms. The van der Waals surface area contributed by atoms with E-state index in [1.165, 1.54) is 23.1 Å². The molecule has 0 saturated heterocycles. The van der Waals surface area contributed by atoms with Crippen LogP contribution in [0.5, 0.6) is 0 Å². The van der Waals surface area contributed by atoms with Crippen LogP contribution in [-0.4, -0.2) is 56.1 Å². The topological polar surface area (TPSA) is 94.8 Å². The zero-order chi connectivity index (χ0) is 19.8. The van der Waals surface area contributed by atoms with Gasteiger partial charge in [0, 0.05) is 25.0 Å². The molecule has 0 fully saturated rings. The Labute approximate surface area is 175 Å². The normalized spacial score (nSPS) is 10.9. The highest BCUT2D eigenvalue weighted by atomic mass is 32.2. The molecule has 8 nitrogen and oxygen atoms in total. The van der Waals surface area contributed by atoms with Crippen LogP contribution in [0.25, 0.3) is 5.69 Å². The van der Waals surface area contributed by atoms with E-state index in [2.05, 4.69) is 25.7 Å². The number of aromatic nitrogens is 5. The standard InChI is InChI=1S/C17H20N6O2S3/c1-3-13-19-21-16(23(13)12-7-5-4-6-8-12)27-11-14(24)18-15-20-22-17(28-15)26-10-9-25-2/h4-8H,3,9-11H2,1-2H3,(H,18,20,24). The van der Waals surface area contributed by atoms with Gasteiger partial charge in [-0.05, 0) is 12.1 Å². The molecule has 2 aromatic heterocycles. The van der Waals surface area contributed by atoms with Crippen molar-refractivity contribution in [3.05, 3.63) is 36.2 Å². The zero-order valence-electron chi connectivity index (χ0n) is 15.5. The molecule has 2 heterocycles. The molecule has 0 atom stereocenters. The first kappa shape index (κ1) is 20.8. The lowest BCUT2D eigenvalue weighted by atomic mass is 10.3. The summed E-state index contributed by atoms with van der Waals surface area (Å²) in [6.07, 6.45) is 0.753. The molecule has 0 saturated carbocycles. The van der Waals surface area contributed by atoms with Gasteiger partial charge in [0.05, 0.1) is 12.4 Å². The van der Waals surface area contributed by atoms with Crippen molar-refractivity contribution in [1.29, 1.82) is 0 Å². The van der Waals surface area contributed by atoms with Gasteiger partial charge in [0.15, 0.2) is 9.50 Å². The molecule has 1 N–H and O–H groups in total. The Bertz CT molecular complexity index is 899. The van der Waals surface area contributed by atoms with Crippen molar-refractivity contribution >= 4 is 45.9 Å². The molecular formula is C17H20N6O2S3. The molecule has 0 aliphatic carbocycles. The summed E-state index contributed by atoms with van der Waals surface area (Å²) in [7, 11) is 1.66. The fraction of sp³-hybridized carbons (Fsp3) is 0.353. The Kier molecular flexibility index (Phi) is 7.83. The summed E-state index contributed by atoms with van der Waals surface area (Å²) in [5.74, 6) is 1.70. The summed E-state index contributed by atoms with van der Waals surface area (Å²) in [5, 5.41) is 20.5. The Morgan fingerprint density at radius 3 is 2.75 bits per heavy atom. The van der Waals surface area contributed by atoms with E-state index in [1.807, 2.05) is 41.8 Å². The van der Waals surface area contributed by atoms with E-state index < -0.39 is 0 Å². The highest BCUT2D eigenvalue weighted by Crippen LogP contribution is 2.26. The number of anilines is 1. The van der Waals surface area contributed by atoms with Gasteiger partial charge in [0.2, 0.25) is 11.0 Å². The van der Waals surface area contributed by atoms with E-state index in [0.717, 1.165) is 28.0 Å². The van der Waals surface area contributed by atoms with Gasteiger partial charge >= 0.3 is 0 Å². The minimum atomic E-state index is -0.157. The third-order valence-electron chi connectivity index (χ3n) is 3.53. The van der Waals surface area contributed by atoms with Gasteiger partial charge in [-0.1, -0.05) is 60.0 Å². The molecule has 0 unspecified atom stereocenters. The van der Waals surface area contributed by atoms with Gasteiger partial charge in [-0.2, -0.15) is 0 Å². The molecule has 28 heavy (non-hydrogen) atoms. The van der Waals surface area contributed by atoms with Crippen LogP contribution in [0.15, 0.2) is 39.8 Å². The first-order valence-electron chi connectivity index (χ1n) is 8.59. The van der Waals surface area contributed by atoms with E-state index in [1.54, 1.807) is 18.9 Å². The van der Waals surface area contributed by atoms with Crippen LogP contribution in [0.4, 0.5) is 5.13 Å². The quantitative estimate of drug-likeness (QED) is 0.294. The van der Waals surface area contributed by atoms with Gasteiger partial charge in [-0.3, -0.25) is 14.7 Å². The Morgan fingerprint density at radius 1 is 1.18 bits per heavy atom. The minimum Gasteiger partial charge on any atom is -0.384 e. The molecule has 0 radical (unpaired) electrons. The number of ether oxygens (including phenoxy) is 1. The van der Waals surface area contributed by atoms with Gasteiger partial charge in [0.1, 0.15) is 5.82 Å². The van der Waals surface area contributed by atoms with E-state index in [9.17, 15) is 4.79 Å². The average Bonchev–Trinajstić information content (AvgIpc) is 3.33. The van der Waals surface area contributed by atoms with Crippen molar-refractivity contribution in [2.24, 2.45) is 0 Å². The fourth-order valence-corrected chi connectivity index (χ4v) is 4.79. The van der Waals surface area contributed by atoms with Crippen molar-refractivity contribution in [3.63, 3.8) is 0 Å². The van der Waals surface area contributed by atoms with Gasteiger partial charge in [0.25, 0.3) is 0 Å². The smallest absolute Gasteiger partial charge is 0.236 e. The van der Waals surface area contributed by atoms with Crippen LogP contribution < -0.4 is 5.32 Å². The number of hydrogen-bond donors (Lipinski definition) is 1. The number of nitrogens with one attached hydrogen (secondary N) is 1. The number of hydrogen-bond acceptors (Lipinski definition) is 9. The summed E-state index contributed by atoms with van der Waals surface area (Å²) in [6, 6.07) is 9.89.